The quantitative estimate of drug-likeness (QED) is 0.752. The van der Waals surface area contributed by atoms with E-state index in [9.17, 15) is 4.39 Å². The number of benzene rings is 1. The van der Waals surface area contributed by atoms with Crippen molar-refractivity contribution in [1.82, 2.24) is 5.32 Å². The number of allylic oxidation sites excluding steroid dienone is 1. The van der Waals surface area contributed by atoms with E-state index in [-0.39, 0.29) is 5.82 Å². The van der Waals surface area contributed by atoms with Crippen LogP contribution in [0.3, 0.4) is 0 Å². The van der Waals surface area contributed by atoms with Crippen LogP contribution in [0.15, 0.2) is 23.9 Å². The molecule has 1 aliphatic heterocycles. The lowest BCUT2D eigenvalue weighted by atomic mass is 10.1. The minimum Gasteiger partial charge on any atom is -0.388 e. The van der Waals surface area contributed by atoms with E-state index in [0.717, 1.165) is 25.1 Å². The molecule has 1 fully saturated rings. The van der Waals surface area contributed by atoms with Crippen molar-refractivity contribution in [2.75, 3.05) is 6.54 Å². The second kappa shape index (κ2) is 4.01. The average Bonchev–Trinajstić information content (AvgIpc) is 2.64. The first-order valence-electron chi connectivity index (χ1n) is 4.66. The van der Waals surface area contributed by atoms with Gasteiger partial charge < -0.3 is 5.32 Å². The molecule has 0 amide bonds. The summed E-state index contributed by atoms with van der Waals surface area (Å²) in [6.45, 7) is 0.970. The van der Waals surface area contributed by atoms with Gasteiger partial charge in [0.15, 0.2) is 0 Å². The highest BCUT2D eigenvalue weighted by Crippen LogP contribution is 2.23. The fraction of sp³-hybridized carbons (Fsp3) is 0.273. The molecule has 1 aromatic rings. The summed E-state index contributed by atoms with van der Waals surface area (Å²) in [5, 5.41) is 3.66. The van der Waals surface area contributed by atoms with Crippen LogP contribution in [0, 0.1) is 5.82 Å². The van der Waals surface area contributed by atoms with Crippen molar-refractivity contribution in [1.29, 1.82) is 0 Å². The van der Waals surface area contributed by atoms with Crippen LogP contribution in [0.5, 0.6) is 0 Å². The molecule has 1 heterocycles. The molecular weight excluding hydrogens is 201 g/mol. The molecule has 1 aromatic carbocycles. The fourth-order valence-electron chi connectivity index (χ4n) is 1.56. The van der Waals surface area contributed by atoms with Crippen molar-refractivity contribution in [3.8, 4) is 0 Å². The SMILES string of the molecule is Fc1cccc(Cl)c1C=C1CCCN1. The van der Waals surface area contributed by atoms with E-state index in [1.165, 1.54) is 6.07 Å². The van der Waals surface area contributed by atoms with Crippen LogP contribution in [0.2, 0.25) is 5.02 Å². The highest BCUT2D eigenvalue weighted by molar-refractivity contribution is 6.32. The summed E-state index contributed by atoms with van der Waals surface area (Å²) in [7, 11) is 0. The minimum absolute atomic E-state index is 0.265. The Hall–Kier alpha value is -1.02. The van der Waals surface area contributed by atoms with Gasteiger partial charge in [-0.15, -0.1) is 0 Å². The van der Waals surface area contributed by atoms with Gasteiger partial charge in [0.2, 0.25) is 0 Å². The number of nitrogens with one attached hydrogen (secondary N) is 1. The maximum Gasteiger partial charge on any atom is 0.131 e. The van der Waals surface area contributed by atoms with Crippen LogP contribution in [0.25, 0.3) is 6.08 Å². The Labute approximate surface area is 87.6 Å². The van der Waals surface area contributed by atoms with Crippen molar-refractivity contribution in [3.05, 3.63) is 40.3 Å². The van der Waals surface area contributed by atoms with Crippen LogP contribution >= 0.6 is 11.6 Å². The summed E-state index contributed by atoms with van der Waals surface area (Å²) in [6, 6.07) is 4.74. The van der Waals surface area contributed by atoms with Gasteiger partial charge in [0.25, 0.3) is 0 Å². The number of hydrogen-bond donors (Lipinski definition) is 1. The highest BCUT2D eigenvalue weighted by atomic mass is 35.5. The average molecular weight is 212 g/mol. The fourth-order valence-corrected chi connectivity index (χ4v) is 1.78. The van der Waals surface area contributed by atoms with Crippen LogP contribution in [-0.4, -0.2) is 6.54 Å². The van der Waals surface area contributed by atoms with Gasteiger partial charge in [-0.1, -0.05) is 17.7 Å². The van der Waals surface area contributed by atoms with E-state index in [0.29, 0.717) is 10.6 Å². The van der Waals surface area contributed by atoms with E-state index >= 15 is 0 Å². The molecule has 14 heavy (non-hydrogen) atoms. The lowest BCUT2D eigenvalue weighted by molar-refractivity contribution is 0.625. The smallest absolute Gasteiger partial charge is 0.131 e. The predicted octanol–water partition coefficient (Wildman–Crippen LogP) is 3.20. The third kappa shape index (κ3) is 1.90. The first-order chi connectivity index (χ1) is 6.77. The molecule has 74 valence electrons. The Morgan fingerprint density at radius 3 is 2.93 bits per heavy atom. The van der Waals surface area contributed by atoms with E-state index in [2.05, 4.69) is 5.32 Å². The van der Waals surface area contributed by atoms with Gasteiger partial charge >= 0.3 is 0 Å². The number of halogens is 2. The zero-order valence-electron chi connectivity index (χ0n) is 7.69. The molecule has 1 saturated heterocycles. The molecule has 0 atom stereocenters. The Bertz CT molecular complexity index is 345. The molecule has 0 spiro atoms. The van der Waals surface area contributed by atoms with Gasteiger partial charge in [0, 0.05) is 17.8 Å². The van der Waals surface area contributed by atoms with Crippen LogP contribution in [0.1, 0.15) is 18.4 Å². The molecule has 0 bridgehead atoms. The Balaban J connectivity index is 2.36. The molecule has 3 heteroatoms. The number of hydrogen-bond acceptors (Lipinski definition) is 1. The van der Waals surface area contributed by atoms with E-state index in [4.69, 9.17) is 11.6 Å². The van der Waals surface area contributed by atoms with Crippen molar-refractivity contribution in [2.24, 2.45) is 0 Å². The Kier molecular flexibility index (Phi) is 2.73. The van der Waals surface area contributed by atoms with E-state index in [1.807, 2.05) is 0 Å². The van der Waals surface area contributed by atoms with Crippen LogP contribution in [-0.2, 0) is 0 Å². The third-order valence-corrected chi connectivity index (χ3v) is 2.62. The van der Waals surface area contributed by atoms with Crippen molar-refractivity contribution in [3.63, 3.8) is 0 Å². The standard InChI is InChI=1S/C11H11ClFN/c12-10-4-1-5-11(13)9(10)7-8-3-2-6-14-8/h1,4-5,7,14H,2-3,6H2. The molecule has 1 N–H and O–H groups in total. The van der Waals surface area contributed by atoms with Crippen LogP contribution < -0.4 is 5.32 Å². The summed E-state index contributed by atoms with van der Waals surface area (Å²) >= 11 is 5.90. The van der Waals surface area contributed by atoms with Gasteiger partial charge in [-0.05, 0) is 31.1 Å². The molecule has 0 unspecified atom stereocenters. The lowest BCUT2D eigenvalue weighted by Gasteiger charge is -2.02. The first-order valence-corrected chi connectivity index (χ1v) is 5.03. The normalized spacial score (nSPS) is 18.6. The summed E-state index contributed by atoms with van der Waals surface area (Å²) in [6.07, 6.45) is 3.88. The molecule has 1 nitrogen and oxygen atoms in total. The van der Waals surface area contributed by atoms with Crippen molar-refractivity contribution >= 4 is 17.7 Å². The van der Waals surface area contributed by atoms with E-state index < -0.39 is 0 Å². The second-order valence-electron chi connectivity index (χ2n) is 3.34. The Morgan fingerprint density at radius 1 is 1.43 bits per heavy atom. The maximum atomic E-state index is 13.3. The van der Waals surface area contributed by atoms with Gasteiger partial charge in [0.05, 0.1) is 5.02 Å². The molecule has 0 aromatic heterocycles. The zero-order valence-corrected chi connectivity index (χ0v) is 8.44. The van der Waals surface area contributed by atoms with Gasteiger partial charge in [0.1, 0.15) is 5.82 Å². The largest absolute Gasteiger partial charge is 0.388 e. The second-order valence-corrected chi connectivity index (χ2v) is 3.74. The molecular formula is C11H11ClFN. The first kappa shape index (κ1) is 9.53. The zero-order chi connectivity index (χ0) is 9.97. The summed E-state index contributed by atoms with van der Waals surface area (Å²) in [4.78, 5) is 0. The monoisotopic (exact) mass is 211 g/mol. The molecule has 0 radical (unpaired) electrons. The lowest BCUT2D eigenvalue weighted by Crippen LogP contribution is -2.03. The number of rotatable bonds is 1. The predicted molar refractivity (Wildman–Crippen MR) is 56.6 cm³/mol. The van der Waals surface area contributed by atoms with Crippen LogP contribution in [0.4, 0.5) is 4.39 Å². The summed E-state index contributed by atoms with van der Waals surface area (Å²) < 4.78 is 13.3. The summed E-state index contributed by atoms with van der Waals surface area (Å²) in [5.74, 6) is -0.265. The van der Waals surface area contributed by atoms with Gasteiger partial charge in [-0.3, -0.25) is 0 Å². The van der Waals surface area contributed by atoms with Gasteiger partial charge in [-0.2, -0.15) is 0 Å². The topological polar surface area (TPSA) is 12.0 Å². The van der Waals surface area contributed by atoms with Crippen molar-refractivity contribution in [2.45, 2.75) is 12.8 Å². The van der Waals surface area contributed by atoms with E-state index in [1.54, 1.807) is 18.2 Å². The highest BCUT2D eigenvalue weighted by Gasteiger charge is 2.08. The third-order valence-electron chi connectivity index (χ3n) is 2.29. The molecule has 0 saturated carbocycles. The minimum atomic E-state index is -0.265. The Morgan fingerprint density at radius 2 is 2.29 bits per heavy atom. The molecule has 2 rings (SSSR count). The molecule has 0 aliphatic carbocycles. The molecule has 1 aliphatic rings. The van der Waals surface area contributed by atoms with Crippen molar-refractivity contribution < 1.29 is 4.39 Å². The van der Waals surface area contributed by atoms with Gasteiger partial charge in [-0.25, -0.2) is 4.39 Å². The summed E-state index contributed by atoms with van der Waals surface area (Å²) in [5.41, 5.74) is 1.55. The maximum absolute atomic E-state index is 13.3.